The molecule has 0 radical (unpaired) electrons. The second kappa shape index (κ2) is 7.37. The average molecular weight is 416 g/mol. The van der Waals surface area contributed by atoms with Crippen molar-refractivity contribution in [2.45, 2.75) is 40.2 Å². The summed E-state index contributed by atoms with van der Waals surface area (Å²) in [6.07, 6.45) is 3.47. The summed E-state index contributed by atoms with van der Waals surface area (Å²) in [6, 6.07) is 3.17. The lowest BCUT2D eigenvalue weighted by Crippen LogP contribution is -2.55. The van der Waals surface area contributed by atoms with Gasteiger partial charge in [-0.25, -0.2) is 4.39 Å². The van der Waals surface area contributed by atoms with Gasteiger partial charge in [-0.1, -0.05) is 6.08 Å². The second-order valence-corrected chi connectivity index (χ2v) is 8.24. The predicted molar refractivity (Wildman–Crippen MR) is 118 cm³/mol. The number of benzene rings is 1. The normalized spacial score (nSPS) is 18.9. The molecule has 0 saturated carbocycles. The van der Waals surface area contributed by atoms with E-state index in [1.807, 2.05) is 18.9 Å². The Morgan fingerprint density at radius 3 is 2.17 bits per heavy atom. The molecule has 2 aliphatic rings. The van der Waals surface area contributed by atoms with Gasteiger partial charge in [-0.3, -0.25) is 19.4 Å². The van der Waals surface area contributed by atoms with Crippen LogP contribution in [0.15, 0.2) is 23.8 Å². The van der Waals surface area contributed by atoms with Gasteiger partial charge in [-0.15, -0.1) is 0 Å². The van der Waals surface area contributed by atoms with Gasteiger partial charge in [0.05, 0.1) is 5.54 Å². The second-order valence-electron chi connectivity index (χ2n) is 7.87. The minimum Gasteiger partial charge on any atom is -0.365 e. The molecule has 0 bridgehead atoms. The van der Waals surface area contributed by atoms with Crippen LogP contribution in [0, 0.1) is 5.82 Å². The summed E-state index contributed by atoms with van der Waals surface area (Å²) >= 11 is 5.27. The molecule has 0 aromatic heterocycles. The van der Waals surface area contributed by atoms with Crippen LogP contribution < -0.4 is 4.90 Å². The quantitative estimate of drug-likeness (QED) is 0.428. The number of anilines is 1. The van der Waals surface area contributed by atoms with Crippen molar-refractivity contribution < 1.29 is 14.0 Å². The molecule has 154 valence electrons. The van der Waals surface area contributed by atoms with Crippen LogP contribution in [0.4, 0.5) is 10.1 Å². The lowest BCUT2D eigenvalue weighted by molar-refractivity contribution is -0.133. The SMILES string of the molecule is CCN1C(=O)C(=Cc2cc3c(cc2F)N(C)C(C)(C)C=C3C)C(=O)N(CC)C1=S. The number of allylic oxidation sites excluding steroid dienone is 1. The van der Waals surface area contributed by atoms with Crippen LogP contribution in [0.25, 0.3) is 11.6 Å². The molecule has 2 heterocycles. The first-order valence-corrected chi connectivity index (χ1v) is 10.1. The molecule has 2 amide bonds. The first-order valence-electron chi connectivity index (χ1n) is 9.70. The zero-order valence-corrected chi connectivity index (χ0v) is 18.5. The molecule has 0 N–H and O–H groups in total. The van der Waals surface area contributed by atoms with E-state index in [0.717, 1.165) is 16.8 Å². The van der Waals surface area contributed by atoms with Gasteiger partial charge in [0, 0.05) is 37.0 Å². The Bertz CT molecular complexity index is 953. The summed E-state index contributed by atoms with van der Waals surface area (Å²) in [5, 5.41) is 0.190. The van der Waals surface area contributed by atoms with Crippen molar-refractivity contribution in [1.29, 1.82) is 0 Å². The Labute approximate surface area is 176 Å². The van der Waals surface area contributed by atoms with E-state index in [2.05, 4.69) is 19.9 Å². The molecule has 29 heavy (non-hydrogen) atoms. The van der Waals surface area contributed by atoms with Crippen molar-refractivity contribution in [3.8, 4) is 0 Å². The van der Waals surface area contributed by atoms with Crippen molar-refractivity contribution in [3.63, 3.8) is 0 Å². The highest BCUT2D eigenvalue weighted by Crippen LogP contribution is 2.39. The maximum absolute atomic E-state index is 15.0. The molecule has 0 atom stereocenters. The van der Waals surface area contributed by atoms with E-state index in [9.17, 15) is 9.59 Å². The zero-order chi connectivity index (χ0) is 21.7. The molecule has 0 spiro atoms. The van der Waals surface area contributed by atoms with Gasteiger partial charge < -0.3 is 4.90 Å². The summed E-state index contributed by atoms with van der Waals surface area (Å²) in [6.45, 7) is 10.4. The predicted octanol–water partition coefficient (Wildman–Crippen LogP) is 3.84. The fourth-order valence-corrected chi connectivity index (χ4v) is 4.26. The van der Waals surface area contributed by atoms with E-state index in [1.165, 1.54) is 21.9 Å². The number of carbonyl (C=O) groups is 2. The number of halogens is 1. The van der Waals surface area contributed by atoms with E-state index in [0.29, 0.717) is 13.1 Å². The third-order valence-electron chi connectivity index (χ3n) is 5.68. The average Bonchev–Trinajstić information content (AvgIpc) is 2.64. The summed E-state index contributed by atoms with van der Waals surface area (Å²) in [4.78, 5) is 30.4. The van der Waals surface area contributed by atoms with E-state index in [1.54, 1.807) is 19.9 Å². The molecular weight excluding hydrogens is 389 g/mol. The largest absolute Gasteiger partial charge is 0.365 e. The maximum atomic E-state index is 15.0. The fraction of sp³-hybridized carbons (Fsp3) is 0.409. The van der Waals surface area contributed by atoms with Crippen LogP contribution in [0.3, 0.4) is 0 Å². The number of likely N-dealkylation sites (N-methyl/N-ethyl adjacent to an activating group) is 3. The Morgan fingerprint density at radius 1 is 1.10 bits per heavy atom. The number of hydrogen-bond donors (Lipinski definition) is 0. The number of fused-ring (bicyclic) bond motifs is 1. The number of nitrogens with zero attached hydrogens (tertiary/aromatic N) is 3. The minimum absolute atomic E-state index is 0.0766. The van der Waals surface area contributed by atoms with E-state index < -0.39 is 17.6 Å². The number of hydrogen-bond acceptors (Lipinski definition) is 4. The molecular formula is C22H26FN3O2S. The van der Waals surface area contributed by atoms with Gasteiger partial charge in [0.1, 0.15) is 11.4 Å². The number of rotatable bonds is 3. The van der Waals surface area contributed by atoms with Gasteiger partial charge >= 0.3 is 0 Å². The van der Waals surface area contributed by atoms with Crippen molar-refractivity contribution in [2.24, 2.45) is 0 Å². The molecule has 0 unspecified atom stereocenters. The summed E-state index contributed by atoms with van der Waals surface area (Å²) in [5.41, 5.74) is 2.58. The number of amides is 2. The topological polar surface area (TPSA) is 43.9 Å². The highest BCUT2D eigenvalue weighted by atomic mass is 32.1. The lowest BCUT2D eigenvalue weighted by atomic mass is 9.88. The minimum atomic E-state index is -0.491. The summed E-state index contributed by atoms with van der Waals surface area (Å²) < 4.78 is 15.0. The maximum Gasteiger partial charge on any atom is 0.265 e. The molecule has 0 aliphatic carbocycles. The van der Waals surface area contributed by atoms with Crippen molar-refractivity contribution in [1.82, 2.24) is 9.80 Å². The Kier molecular flexibility index (Phi) is 5.38. The highest BCUT2D eigenvalue weighted by Gasteiger charge is 2.38. The van der Waals surface area contributed by atoms with Gasteiger partial charge in [-0.05, 0) is 70.6 Å². The molecule has 5 nitrogen and oxygen atoms in total. The Balaban J connectivity index is 2.13. The van der Waals surface area contributed by atoms with Crippen LogP contribution in [0.5, 0.6) is 0 Å². The standard InChI is InChI=1S/C22H26FN3O2S/c1-7-25-19(27)16(20(28)26(8-2)21(25)29)10-14-9-15-13(3)12-22(4,5)24(6)18(15)11-17(14)23/h9-12H,7-8H2,1-6H3. The van der Waals surface area contributed by atoms with E-state index >= 15 is 4.39 Å². The van der Waals surface area contributed by atoms with Crippen molar-refractivity contribution in [3.05, 3.63) is 40.7 Å². The van der Waals surface area contributed by atoms with E-state index in [4.69, 9.17) is 12.2 Å². The first-order chi connectivity index (χ1) is 13.5. The fourth-order valence-electron chi connectivity index (χ4n) is 3.84. The monoisotopic (exact) mass is 415 g/mol. The van der Waals surface area contributed by atoms with Crippen LogP contribution in [-0.2, 0) is 9.59 Å². The molecule has 1 saturated heterocycles. The van der Waals surface area contributed by atoms with Crippen LogP contribution >= 0.6 is 12.2 Å². The number of carbonyl (C=O) groups excluding carboxylic acids is 2. The summed E-state index contributed by atoms with van der Waals surface area (Å²) in [7, 11) is 1.92. The highest BCUT2D eigenvalue weighted by molar-refractivity contribution is 7.80. The summed E-state index contributed by atoms with van der Waals surface area (Å²) in [5.74, 6) is -1.46. The van der Waals surface area contributed by atoms with Crippen LogP contribution in [-0.4, -0.2) is 52.4 Å². The third kappa shape index (κ3) is 3.37. The number of thiocarbonyl (C=S) groups is 1. The van der Waals surface area contributed by atoms with Gasteiger partial charge in [0.15, 0.2) is 5.11 Å². The zero-order valence-electron chi connectivity index (χ0n) is 17.7. The van der Waals surface area contributed by atoms with Gasteiger partial charge in [0.25, 0.3) is 11.8 Å². The van der Waals surface area contributed by atoms with Gasteiger partial charge in [0.2, 0.25) is 0 Å². The van der Waals surface area contributed by atoms with Crippen molar-refractivity contribution in [2.75, 3.05) is 25.0 Å². The van der Waals surface area contributed by atoms with E-state index in [-0.39, 0.29) is 21.8 Å². The Morgan fingerprint density at radius 2 is 1.66 bits per heavy atom. The van der Waals surface area contributed by atoms with Gasteiger partial charge in [-0.2, -0.15) is 0 Å². The molecule has 2 aliphatic heterocycles. The smallest absolute Gasteiger partial charge is 0.265 e. The lowest BCUT2D eigenvalue weighted by Gasteiger charge is -2.40. The third-order valence-corrected chi connectivity index (χ3v) is 6.12. The Hall–Kier alpha value is -2.54. The molecule has 1 fully saturated rings. The first kappa shape index (κ1) is 21.2. The van der Waals surface area contributed by atoms with Crippen molar-refractivity contribution >= 4 is 46.5 Å². The van der Waals surface area contributed by atoms with Crippen LogP contribution in [0.2, 0.25) is 0 Å². The molecule has 7 heteroatoms. The molecule has 1 aromatic carbocycles. The van der Waals surface area contributed by atoms with Crippen LogP contribution in [0.1, 0.15) is 45.7 Å². The molecule has 3 rings (SSSR count). The molecule has 1 aromatic rings.